The maximum atomic E-state index is 5.98. The van der Waals surface area contributed by atoms with Crippen molar-refractivity contribution in [3.05, 3.63) is 0 Å². The van der Waals surface area contributed by atoms with Crippen molar-refractivity contribution in [3.63, 3.8) is 0 Å². The fourth-order valence-corrected chi connectivity index (χ4v) is 4.81. The van der Waals surface area contributed by atoms with Crippen LogP contribution in [0.1, 0.15) is 93.4 Å². The Bertz CT molecular complexity index is 268. The van der Waals surface area contributed by atoms with Crippen molar-refractivity contribution in [3.8, 4) is 12.3 Å². The molecule has 1 atom stereocenters. The van der Waals surface area contributed by atoms with Gasteiger partial charge >= 0.3 is 0 Å². The van der Waals surface area contributed by atoms with Crippen LogP contribution in [0, 0.1) is 41.4 Å². The van der Waals surface area contributed by atoms with E-state index in [2.05, 4.69) is 54.4 Å². The summed E-state index contributed by atoms with van der Waals surface area (Å²) in [6.07, 6.45) is 15.3. The van der Waals surface area contributed by atoms with Crippen LogP contribution in [0.15, 0.2) is 0 Å². The Morgan fingerprint density at radius 3 is 1.57 bits per heavy atom. The maximum absolute atomic E-state index is 5.98. The zero-order valence-corrected chi connectivity index (χ0v) is 15.8. The number of terminal acetylenes is 1. The van der Waals surface area contributed by atoms with Crippen molar-refractivity contribution >= 4 is 0 Å². The Kier molecular flexibility index (Phi) is 10.1. The Morgan fingerprint density at radius 1 is 0.762 bits per heavy atom. The lowest BCUT2D eigenvalue weighted by atomic mass is 9.55. The molecular formula is C21H40. The van der Waals surface area contributed by atoms with E-state index in [0.717, 1.165) is 0 Å². The van der Waals surface area contributed by atoms with Crippen LogP contribution in [0.3, 0.4) is 0 Å². The van der Waals surface area contributed by atoms with Crippen LogP contribution in [0.2, 0.25) is 0 Å². The number of hydrogen-bond acceptors (Lipinski definition) is 0. The van der Waals surface area contributed by atoms with E-state index in [9.17, 15) is 0 Å². The Balaban J connectivity index is 4.74. The Labute approximate surface area is 135 Å². The Hall–Kier alpha value is -0.440. The van der Waals surface area contributed by atoms with Gasteiger partial charge in [-0.05, 0) is 29.6 Å². The van der Waals surface area contributed by atoms with Crippen LogP contribution >= 0.6 is 0 Å². The van der Waals surface area contributed by atoms with Crippen molar-refractivity contribution in [1.29, 1.82) is 0 Å². The van der Waals surface area contributed by atoms with E-state index in [1.807, 2.05) is 0 Å². The summed E-state index contributed by atoms with van der Waals surface area (Å²) in [4.78, 5) is 0. The third-order valence-corrected chi connectivity index (χ3v) is 5.65. The SMILES string of the molecule is C#CC(CCCCCCCC)C(C(C)C)(C(C)C)C(C)C. The van der Waals surface area contributed by atoms with Crippen molar-refractivity contribution in [1.82, 2.24) is 0 Å². The van der Waals surface area contributed by atoms with Gasteiger partial charge in [0, 0.05) is 5.92 Å². The van der Waals surface area contributed by atoms with Crippen LogP contribution in [0.5, 0.6) is 0 Å². The molecule has 0 heterocycles. The van der Waals surface area contributed by atoms with Crippen LogP contribution in [0.4, 0.5) is 0 Å². The number of unbranched alkanes of at least 4 members (excludes halogenated alkanes) is 5. The topological polar surface area (TPSA) is 0 Å². The molecule has 0 saturated heterocycles. The molecule has 0 fully saturated rings. The molecule has 0 radical (unpaired) electrons. The predicted octanol–water partition coefficient (Wildman–Crippen LogP) is 6.94. The van der Waals surface area contributed by atoms with Gasteiger partial charge in [0.15, 0.2) is 0 Å². The molecule has 0 aromatic heterocycles. The summed E-state index contributed by atoms with van der Waals surface area (Å²) in [5.41, 5.74) is 0.276. The van der Waals surface area contributed by atoms with Gasteiger partial charge in [0.1, 0.15) is 0 Å². The first-order valence-electron chi connectivity index (χ1n) is 9.31. The van der Waals surface area contributed by atoms with E-state index in [-0.39, 0.29) is 5.41 Å². The van der Waals surface area contributed by atoms with Crippen molar-refractivity contribution in [2.45, 2.75) is 93.4 Å². The number of hydrogen-bond donors (Lipinski definition) is 0. The van der Waals surface area contributed by atoms with Crippen molar-refractivity contribution < 1.29 is 0 Å². The molecule has 0 aliphatic carbocycles. The fourth-order valence-electron chi connectivity index (χ4n) is 4.81. The molecule has 0 rings (SSSR count). The van der Waals surface area contributed by atoms with Gasteiger partial charge in [-0.15, -0.1) is 12.3 Å². The second-order valence-electron chi connectivity index (χ2n) is 7.74. The van der Waals surface area contributed by atoms with Gasteiger partial charge in [-0.3, -0.25) is 0 Å². The summed E-state index contributed by atoms with van der Waals surface area (Å²) >= 11 is 0. The van der Waals surface area contributed by atoms with Crippen LogP contribution in [0.25, 0.3) is 0 Å². The van der Waals surface area contributed by atoms with E-state index < -0.39 is 0 Å². The molecule has 0 N–H and O–H groups in total. The summed E-state index contributed by atoms with van der Waals surface area (Å²) < 4.78 is 0. The van der Waals surface area contributed by atoms with Gasteiger partial charge in [0.05, 0.1) is 0 Å². The van der Waals surface area contributed by atoms with Crippen molar-refractivity contribution in [2.24, 2.45) is 29.1 Å². The van der Waals surface area contributed by atoms with E-state index in [1.54, 1.807) is 0 Å². The quantitative estimate of drug-likeness (QED) is 0.286. The van der Waals surface area contributed by atoms with E-state index in [4.69, 9.17) is 6.42 Å². The summed E-state index contributed by atoms with van der Waals surface area (Å²) in [6.45, 7) is 16.5. The molecule has 0 nitrogen and oxygen atoms in total. The van der Waals surface area contributed by atoms with Crippen LogP contribution < -0.4 is 0 Å². The highest BCUT2D eigenvalue weighted by Crippen LogP contribution is 2.50. The molecule has 0 aromatic rings. The normalized spacial score (nSPS) is 14.0. The average Bonchev–Trinajstić information content (AvgIpc) is 2.39. The van der Waals surface area contributed by atoms with E-state index in [1.165, 1.54) is 44.9 Å². The zero-order valence-electron chi connectivity index (χ0n) is 15.8. The number of rotatable bonds is 11. The molecule has 0 heteroatoms. The van der Waals surface area contributed by atoms with E-state index >= 15 is 0 Å². The highest BCUT2D eigenvalue weighted by Gasteiger charge is 2.45. The molecule has 0 aliphatic heterocycles. The molecule has 0 aromatic carbocycles. The van der Waals surface area contributed by atoms with Gasteiger partial charge in [-0.25, -0.2) is 0 Å². The highest BCUT2D eigenvalue weighted by atomic mass is 14.5. The van der Waals surface area contributed by atoms with Crippen LogP contribution in [-0.2, 0) is 0 Å². The molecule has 0 amide bonds. The first-order chi connectivity index (χ1) is 9.85. The smallest absolute Gasteiger partial charge is 0.0263 e. The van der Waals surface area contributed by atoms with Gasteiger partial charge in [-0.1, -0.05) is 87.0 Å². The van der Waals surface area contributed by atoms with E-state index in [0.29, 0.717) is 23.7 Å². The minimum atomic E-state index is 0.276. The van der Waals surface area contributed by atoms with Gasteiger partial charge < -0.3 is 0 Å². The molecule has 0 bridgehead atoms. The molecule has 0 saturated carbocycles. The van der Waals surface area contributed by atoms with Gasteiger partial charge in [-0.2, -0.15) is 0 Å². The third kappa shape index (κ3) is 5.36. The molecule has 0 spiro atoms. The summed E-state index contributed by atoms with van der Waals surface area (Å²) in [5.74, 6) is 5.52. The summed E-state index contributed by atoms with van der Waals surface area (Å²) in [7, 11) is 0. The molecular weight excluding hydrogens is 252 g/mol. The van der Waals surface area contributed by atoms with Gasteiger partial charge in [0.2, 0.25) is 0 Å². The largest absolute Gasteiger partial charge is 0.120 e. The lowest BCUT2D eigenvalue weighted by molar-refractivity contribution is 0.00101. The minimum absolute atomic E-state index is 0.276. The maximum Gasteiger partial charge on any atom is 0.0263 e. The average molecular weight is 293 g/mol. The predicted molar refractivity (Wildman–Crippen MR) is 97.3 cm³/mol. The summed E-state index contributed by atoms with van der Waals surface area (Å²) in [5, 5.41) is 0. The zero-order chi connectivity index (χ0) is 16.5. The lowest BCUT2D eigenvalue weighted by Crippen LogP contribution is -2.44. The Morgan fingerprint density at radius 2 is 1.19 bits per heavy atom. The summed E-state index contributed by atoms with van der Waals surface area (Å²) in [6, 6.07) is 0. The molecule has 124 valence electrons. The monoisotopic (exact) mass is 292 g/mol. The standard InChI is InChI=1S/C21H40/c1-9-11-12-13-14-15-16-20(10-2)21(17(3)4,18(5)6)19(7)8/h2,17-20H,9,11-16H2,1,3-8H3. The van der Waals surface area contributed by atoms with Crippen molar-refractivity contribution in [2.75, 3.05) is 0 Å². The fraction of sp³-hybridized carbons (Fsp3) is 0.905. The molecule has 1 unspecified atom stereocenters. The minimum Gasteiger partial charge on any atom is -0.120 e. The first-order valence-corrected chi connectivity index (χ1v) is 9.31. The van der Waals surface area contributed by atoms with Gasteiger partial charge in [0.25, 0.3) is 0 Å². The second-order valence-corrected chi connectivity index (χ2v) is 7.74. The third-order valence-electron chi connectivity index (χ3n) is 5.65. The highest BCUT2D eigenvalue weighted by molar-refractivity contribution is 5.06. The molecule has 0 aliphatic rings. The first kappa shape index (κ1) is 20.6. The second kappa shape index (κ2) is 10.3. The lowest BCUT2D eigenvalue weighted by Gasteiger charge is -2.49. The molecule has 21 heavy (non-hydrogen) atoms. The van der Waals surface area contributed by atoms with Crippen LogP contribution in [-0.4, -0.2) is 0 Å².